The average Bonchev–Trinajstić information content (AvgIpc) is 2.53. The lowest BCUT2D eigenvalue weighted by atomic mass is 10.1. The summed E-state index contributed by atoms with van der Waals surface area (Å²) in [6.45, 7) is 2.64. The van der Waals surface area contributed by atoms with Crippen LogP contribution in [0.2, 0.25) is 0 Å². The van der Waals surface area contributed by atoms with Crippen molar-refractivity contribution in [2.75, 3.05) is 12.4 Å². The van der Waals surface area contributed by atoms with Crippen LogP contribution < -0.4 is 10.1 Å². The van der Waals surface area contributed by atoms with Gasteiger partial charge >= 0.3 is 0 Å². The molecule has 3 rings (SSSR count). The van der Waals surface area contributed by atoms with Gasteiger partial charge in [-0.2, -0.15) is 0 Å². The van der Waals surface area contributed by atoms with E-state index in [2.05, 4.69) is 29.4 Å². The molecule has 0 saturated heterocycles. The van der Waals surface area contributed by atoms with E-state index in [9.17, 15) is 0 Å². The van der Waals surface area contributed by atoms with Crippen molar-refractivity contribution in [2.24, 2.45) is 0 Å². The van der Waals surface area contributed by atoms with Crippen molar-refractivity contribution in [3.05, 3.63) is 65.9 Å². The van der Waals surface area contributed by atoms with E-state index in [1.165, 1.54) is 11.1 Å². The molecule has 0 radical (unpaired) electrons. The lowest BCUT2D eigenvalue weighted by Gasteiger charge is -2.14. The zero-order valence-corrected chi connectivity index (χ0v) is 12.3. The van der Waals surface area contributed by atoms with Crippen LogP contribution in [-0.4, -0.2) is 12.0 Å². The second-order valence-electron chi connectivity index (χ2n) is 4.97. The third-order valence-electron chi connectivity index (χ3n) is 3.66. The summed E-state index contributed by atoms with van der Waals surface area (Å²) in [5.74, 6) is 0.867. The van der Waals surface area contributed by atoms with Crippen LogP contribution in [0.15, 0.2) is 54.7 Å². The van der Waals surface area contributed by atoms with Crippen LogP contribution in [0.4, 0.5) is 5.69 Å². The molecular weight excluding hydrogens is 260 g/mol. The molecule has 0 unspecified atom stereocenters. The fourth-order valence-electron chi connectivity index (χ4n) is 2.48. The Labute approximate surface area is 124 Å². The Bertz CT molecular complexity index is 763. The highest BCUT2D eigenvalue weighted by Gasteiger charge is 2.07. The number of hydrogen-bond acceptors (Lipinski definition) is 3. The average molecular weight is 278 g/mol. The second-order valence-corrected chi connectivity index (χ2v) is 4.97. The van der Waals surface area contributed by atoms with Crippen LogP contribution in [0, 0.1) is 6.92 Å². The highest BCUT2D eigenvalue weighted by Crippen LogP contribution is 2.26. The lowest BCUT2D eigenvalue weighted by molar-refractivity contribution is 0.310. The summed E-state index contributed by atoms with van der Waals surface area (Å²) < 4.78 is 6.05. The first-order valence-electron chi connectivity index (χ1n) is 7.02. The molecule has 0 aliphatic rings. The van der Waals surface area contributed by atoms with Crippen molar-refractivity contribution in [2.45, 2.75) is 13.5 Å². The standard InChI is InChI=1S/C18H18N2O/c1-13-6-3-8-16(19-2)15(13)12-21-18-10-4-9-17-14(18)7-5-11-20-17/h3-11,19H,12H2,1-2H3. The van der Waals surface area contributed by atoms with E-state index >= 15 is 0 Å². The number of rotatable bonds is 4. The van der Waals surface area contributed by atoms with E-state index in [4.69, 9.17) is 4.74 Å². The predicted octanol–water partition coefficient (Wildman–Crippen LogP) is 4.16. The fraction of sp³-hybridized carbons (Fsp3) is 0.167. The zero-order valence-electron chi connectivity index (χ0n) is 12.3. The Hall–Kier alpha value is -2.55. The normalized spacial score (nSPS) is 10.6. The molecule has 0 aliphatic heterocycles. The van der Waals surface area contributed by atoms with Gasteiger partial charge in [0.15, 0.2) is 0 Å². The minimum Gasteiger partial charge on any atom is -0.488 e. The Morgan fingerprint density at radius 1 is 1.05 bits per heavy atom. The van der Waals surface area contributed by atoms with Crippen molar-refractivity contribution in [1.82, 2.24) is 4.98 Å². The van der Waals surface area contributed by atoms with Gasteiger partial charge in [-0.3, -0.25) is 4.98 Å². The van der Waals surface area contributed by atoms with Gasteiger partial charge in [-0.15, -0.1) is 0 Å². The maximum Gasteiger partial charge on any atom is 0.129 e. The minimum atomic E-state index is 0.539. The summed E-state index contributed by atoms with van der Waals surface area (Å²) >= 11 is 0. The Balaban J connectivity index is 1.91. The Kier molecular flexibility index (Phi) is 3.73. The summed E-state index contributed by atoms with van der Waals surface area (Å²) in [4.78, 5) is 4.36. The van der Waals surface area contributed by atoms with Gasteiger partial charge in [0.05, 0.1) is 5.52 Å². The first-order chi connectivity index (χ1) is 10.3. The fourth-order valence-corrected chi connectivity index (χ4v) is 2.48. The van der Waals surface area contributed by atoms with Crippen LogP contribution in [-0.2, 0) is 6.61 Å². The van der Waals surface area contributed by atoms with Crippen molar-refractivity contribution in [1.29, 1.82) is 0 Å². The molecule has 0 saturated carbocycles. The molecule has 0 bridgehead atoms. The predicted molar refractivity (Wildman–Crippen MR) is 86.8 cm³/mol. The third-order valence-corrected chi connectivity index (χ3v) is 3.66. The van der Waals surface area contributed by atoms with Crippen molar-refractivity contribution < 1.29 is 4.74 Å². The van der Waals surface area contributed by atoms with Gasteiger partial charge in [-0.1, -0.05) is 18.2 Å². The van der Waals surface area contributed by atoms with Crippen LogP contribution in [0.1, 0.15) is 11.1 Å². The molecule has 0 amide bonds. The molecule has 3 aromatic rings. The largest absolute Gasteiger partial charge is 0.488 e. The molecule has 0 atom stereocenters. The summed E-state index contributed by atoms with van der Waals surface area (Å²) in [5, 5.41) is 4.26. The van der Waals surface area contributed by atoms with Gasteiger partial charge in [0.25, 0.3) is 0 Å². The molecule has 1 aromatic heterocycles. The molecular formula is C18H18N2O. The van der Waals surface area contributed by atoms with Crippen LogP contribution in [0.5, 0.6) is 5.75 Å². The zero-order chi connectivity index (χ0) is 14.7. The van der Waals surface area contributed by atoms with Gasteiger partial charge in [0.1, 0.15) is 12.4 Å². The van der Waals surface area contributed by atoms with E-state index in [1.807, 2.05) is 43.4 Å². The maximum absolute atomic E-state index is 6.05. The van der Waals surface area contributed by atoms with Gasteiger partial charge in [-0.25, -0.2) is 0 Å². The first kappa shape index (κ1) is 13.4. The van der Waals surface area contributed by atoms with Crippen molar-refractivity contribution >= 4 is 16.6 Å². The molecule has 0 spiro atoms. The molecule has 3 heteroatoms. The summed E-state index contributed by atoms with van der Waals surface area (Å²) in [7, 11) is 1.93. The molecule has 1 heterocycles. The first-order valence-corrected chi connectivity index (χ1v) is 7.02. The van der Waals surface area contributed by atoms with E-state index in [-0.39, 0.29) is 0 Å². The molecule has 106 valence electrons. The Morgan fingerprint density at radius 2 is 1.90 bits per heavy atom. The number of anilines is 1. The monoisotopic (exact) mass is 278 g/mol. The summed E-state index contributed by atoms with van der Waals surface area (Å²) in [6.07, 6.45) is 1.80. The van der Waals surface area contributed by atoms with Crippen molar-refractivity contribution in [3.8, 4) is 5.75 Å². The SMILES string of the molecule is CNc1cccc(C)c1COc1cccc2ncccc12. The molecule has 21 heavy (non-hydrogen) atoms. The number of hydrogen-bond donors (Lipinski definition) is 1. The van der Waals surface area contributed by atoms with Gasteiger partial charge in [0.2, 0.25) is 0 Å². The highest BCUT2D eigenvalue weighted by atomic mass is 16.5. The quantitative estimate of drug-likeness (QED) is 0.778. The molecule has 0 fully saturated rings. The topological polar surface area (TPSA) is 34.1 Å². The van der Waals surface area contributed by atoms with Gasteiger partial charge in [-0.05, 0) is 42.8 Å². The summed E-state index contributed by atoms with van der Waals surface area (Å²) in [6, 6.07) is 16.1. The number of nitrogens with one attached hydrogen (secondary N) is 1. The number of fused-ring (bicyclic) bond motifs is 1. The summed E-state index contributed by atoms with van der Waals surface area (Å²) in [5.41, 5.74) is 4.46. The van der Waals surface area contributed by atoms with E-state index in [0.717, 1.165) is 22.3 Å². The lowest BCUT2D eigenvalue weighted by Crippen LogP contribution is -2.03. The highest BCUT2D eigenvalue weighted by molar-refractivity contribution is 5.84. The minimum absolute atomic E-state index is 0.539. The second kappa shape index (κ2) is 5.83. The third kappa shape index (κ3) is 2.68. The molecule has 1 N–H and O–H groups in total. The Morgan fingerprint density at radius 3 is 2.76 bits per heavy atom. The number of benzene rings is 2. The number of ether oxygens (including phenoxy) is 1. The number of aromatic nitrogens is 1. The van der Waals surface area contributed by atoms with E-state index in [1.54, 1.807) is 6.20 Å². The van der Waals surface area contributed by atoms with Crippen LogP contribution in [0.3, 0.4) is 0 Å². The maximum atomic E-state index is 6.05. The number of pyridine rings is 1. The van der Waals surface area contributed by atoms with Gasteiger partial charge < -0.3 is 10.1 Å². The van der Waals surface area contributed by atoms with E-state index < -0.39 is 0 Å². The van der Waals surface area contributed by atoms with E-state index in [0.29, 0.717) is 6.61 Å². The number of aryl methyl sites for hydroxylation is 1. The number of nitrogens with zero attached hydrogens (tertiary/aromatic N) is 1. The molecule has 0 aliphatic carbocycles. The molecule has 3 nitrogen and oxygen atoms in total. The van der Waals surface area contributed by atoms with Crippen LogP contribution >= 0.6 is 0 Å². The van der Waals surface area contributed by atoms with Gasteiger partial charge in [0, 0.05) is 29.9 Å². The molecule has 2 aromatic carbocycles. The van der Waals surface area contributed by atoms with Crippen molar-refractivity contribution in [3.63, 3.8) is 0 Å². The smallest absolute Gasteiger partial charge is 0.129 e. The van der Waals surface area contributed by atoms with Crippen LogP contribution in [0.25, 0.3) is 10.9 Å².